The highest BCUT2D eigenvalue weighted by Gasteiger charge is 2.22. The molecular formula is C14H21NO2. The second-order valence-electron chi connectivity index (χ2n) is 4.70. The van der Waals surface area contributed by atoms with Crippen molar-refractivity contribution in [3.8, 4) is 5.75 Å². The van der Waals surface area contributed by atoms with E-state index in [0.29, 0.717) is 5.92 Å². The summed E-state index contributed by atoms with van der Waals surface area (Å²) < 4.78 is 10.7. The first-order valence-electron chi connectivity index (χ1n) is 6.20. The van der Waals surface area contributed by atoms with E-state index >= 15 is 0 Å². The normalized spacial score (nSPS) is 19.0. The van der Waals surface area contributed by atoms with E-state index < -0.39 is 0 Å². The van der Waals surface area contributed by atoms with Gasteiger partial charge in [0.25, 0.3) is 0 Å². The van der Waals surface area contributed by atoms with Crippen molar-refractivity contribution in [2.45, 2.75) is 25.8 Å². The monoisotopic (exact) mass is 235 g/mol. The highest BCUT2D eigenvalue weighted by Crippen LogP contribution is 2.30. The molecule has 1 saturated heterocycles. The van der Waals surface area contributed by atoms with Gasteiger partial charge in [-0.3, -0.25) is 0 Å². The molecule has 1 aromatic rings. The van der Waals surface area contributed by atoms with Gasteiger partial charge in [0.15, 0.2) is 0 Å². The smallest absolute Gasteiger partial charge is 0.122 e. The van der Waals surface area contributed by atoms with Crippen LogP contribution >= 0.6 is 0 Å². The van der Waals surface area contributed by atoms with Crippen molar-refractivity contribution in [2.24, 2.45) is 11.7 Å². The molecule has 0 saturated carbocycles. The number of ether oxygens (including phenoxy) is 2. The van der Waals surface area contributed by atoms with Crippen LogP contribution < -0.4 is 10.5 Å². The van der Waals surface area contributed by atoms with E-state index in [9.17, 15) is 0 Å². The van der Waals surface area contributed by atoms with Crippen molar-refractivity contribution < 1.29 is 9.47 Å². The van der Waals surface area contributed by atoms with E-state index in [1.807, 2.05) is 6.92 Å². The summed E-state index contributed by atoms with van der Waals surface area (Å²) in [4.78, 5) is 0. The highest BCUT2D eigenvalue weighted by atomic mass is 16.5. The Labute approximate surface area is 103 Å². The van der Waals surface area contributed by atoms with Crippen LogP contribution in [-0.2, 0) is 4.74 Å². The Morgan fingerprint density at radius 3 is 2.71 bits per heavy atom. The molecule has 1 fully saturated rings. The van der Waals surface area contributed by atoms with Crippen molar-refractivity contribution in [2.75, 3.05) is 20.3 Å². The Balaban J connectivity index is 2.15. The maximum Gasteiger partial charge on any atom is 0.122 e. The van der Waals surface area contributed by atoms with Crippen LogP contribution in [0.3, 0.4) is 0 Å². The predicted molar refractivity (Wildman–Crippen MR) is 68.2 cm³/mol. The second-order valence-corrected chi connectivity index (χ2v) is 4.70. The van der Waals surface area contributed by atoms with Crippen LogP contribution in [0.4, 0.5) is 0 Å². The van der Waals surface area contributed by atoms with Crippen molar-refractivity contribution in [1.82, 2.24) is 0 Å². The van der Waals surface area contributed by atoms with Crippen LogP contribution in [0.25, 0.3) is 0 Å². The Bertz CT molecular complexity index is 372. The molecule has 1 aliphatic heterocycles. The first-order chi connectivity index (χ1) is 8.22. The van der Waals surface area contributed by atoms with E-state index in [4.69, 9.17) is 15.2 Å². The topological polar surface area (TPSA) is 44.5 Å². The molecule has 0 aliphatic carbocycles. The third-order valence-electron chi connectivity index (χ3n) is 3.59. The van der Waals surface area contributed by atoms with Crippen LogP contribution in [0.5, 0.6) is 5.75 Å². The van der Waals surface area contributed by atoms with Crippen molar-refractivity contribution in [1.29, 1.82) is 0 Å². The molecule has 0 amide bonds. The van der Waals surface area contributed by atoms with Gasteiger partial charge in [-0.1, -0.05) is 12.1 Å². The summed E-state index contributed by atoms with van der Waals surface area (Å²) in [5.74, 6) is 1.45. The minimum absolute atomic E-state index is 0.0911. The number of rotatable bonds is 3. The molecule has 0 bridgehead atoms. The third kappa shape index (κ3) is 2.79. The fraction of sp³-hybridized carbons (Fsp3) is 0.571. The number of benzene rings is 1. The summed E-state index contributed by atoms with van der Waals surface area (Å²) in [6, 6.07) is 6.34. The van der Waals surface area contributed by atoms with Gasteiger partial charge < -0.3 is 15.2 Å². The molecule has 3 nitrogen and oxygen atoms in total. The van der Waals surface area contributed by atoms with Crippen LogP contribution in [0.1, 0.15) is 30.0 Å². The number of methoxy groups -OCH3 is 1. The number of nitrogens with two attached hydrogens (primary N) is 1. The van der Waals surface area contributed by atoms with E-state index in [1.165, 1.54) is 5.56 Å². The summed E-state index contributed by atoms with van der Waals surface area (Å²) in [5.41, 5.74) is 8.65. The molecule has 17 heavy (non-hydrogen) atoms. The molecule has 0 spiro atoms. The standard InChI is InChI=1S/C14H21NO2/c1-10-3-4-12(9-13(10)16-2)14(15)11-5-7-17-8-6-11/h3-4,9,11,14H,5-8,15H2,1-2H3. The lowest BCUT2D eigenvalue weighted by molar-refractivity contribution is 0.0583. The van der Waals surface area contributed by atoms with Crippen molar-refractivity contribution in [3.05, 3.63) is 29.3 Å². The lowest BCUT2D eigenvalue weighted by atomic mass is 9.87. The zero-order valence-corrected chi connectivity index (χ0v) is 10.6. The van der Waals surface area contributed by atoms with Crippen LogP contribution in [0.15, 0.2) is 18.2 Å². The van der Waals surface area contributed by atoms with Gasteiger partial charge in [-0.15, -0.1) is 0 Å². The Kier molecular flexibility index (Phi) is 4.02. The predicted octanol–water partition coefficient (Wildman–Crippen LogP) is 2.43. The molecule has 0 aromatic heterocycles. The van der Waals surface area contributed by atoms with E-state index in [1.54, 1.807) is 7.11 Å². The average Bonchev–Trinajstić information content (AvgIpc) is 2.39. The average molecular weight is 235 g/mol. The number of hydrogen-bond acceptors (Lipinski definition) is 3. The molecule has 0 radical (unpaired) electrons. The van der Waals surface area contributed by atoms with Crippen LogP contribution in [0.2, 0.25) is 0 Å². The summed E-state index contributed by atoms with van der Waals surface area (Å²) in [6.45, 7) is 3.71. The first kappa shape index (κ1) is 12.4. The van der Waals surface area contributed by atoms with E-state index in [-0.39, 0.29) is 6.04 Å². The fourth-order valence-corrected chi connectivity index (χ4v) is 2.39. The van der Waals surface area contributed by atoms with Gasteiger partial charge in [-0.2, -0.15) is 0 Å². The van der Waals surface area contributed by atoms with Gasteiger partial charge in [0, 0.05) is 19.3 Å². The quantitative estimate of drug-likeness (QED) is 0.875. The lowest BCUT2D eigenvalue weighted by Gasteiger charge is -2.28. The molecule has 2 N–H and O–H groups in total. The maximum absolute atomic E-state index is 6.33. The Morgan fingerprint density at radius 1 is 1.35 bits per heavy atom. The SMILES string of the molecule is COc1cc(C(N)C2CCOCC2)ccc1C. The fourth-order valence-electron chi connectivity index (χ4n) is 2.39. The van der Waals surface area contributed by atoms with Crippen molar-refractivity contribution >= 4 is 0 Å². The van der Waals surface area contributed by atoms with E-state index in [0.717, 1.165) is 37.4 Å². The van der Waals surface area contributed by atoms with Gasteiger partial charge in [0.2, 0.25) is 0 Å². The second kappa shape index (κ2) is 5.52. The van der Waals surface area contributed by atoms with Gasteiger partial charge >= 0.3 is 0 Å². The molecule has 2 rings (SSSR count). The zero-order valence-electron chi connectivity index (χ0n) is 10.6. The maximum atomic E-state index is 6.33. The van der Waals surface area contributed by atoms with Gasteiger partial charge in [-0.05, 0) is 42.9 Å². The largest absolute Gasteiger partial charge is 0.496 e. The zero-order chi connectivity index (χ0) is 12.3. The summed E-state index contributed by atoms with van der Waals surface area (Å²) in [6.07, 6.45) is 2.11. The summed E-state index contributed by atoms with van der Waals surface area (Å²) in [5, 5.41) is 0. The molecule has 1 aromatic carbocycles. The summed E-state index contributed by atoms with van der Waals surface area (Å²) >= 11 is 0. The highest BCUT2D eigenvalue weighted by molar-refractivity contribution is 5.37. The number of hydrogen-bond donors (Lipinski definition) is 1. The van der Waals surface area contributed by atoms with Gasteiger partial charge in [0.1, 0.15) is 5.75 Å². The Hall–Kier alpha value is -1.06. The molecule has 1 heterocycles. The molecule has 94 valence electrons. The molecule has 1 atom stereocenters. The van der Waals surface area contributed by atoms with Crippen LogP contribution in [0, 0.1) is 12.8 Å². The van der Waals surface area contributed by atoms with Gasteiger partial charge in [0.05, 0.1) is 7.11 Å². The summed E-state index contributed by atoms with van der Waals surface area (Å²) in [7, 11) is 1.70. The van der Waals surface area contributed by atoms with Gasteiger partial charge in [-0.25, -0.2) is 0 Å². The Morgan fingerprint density at radius 2 is 2.06 bits per heavy atom. The number of aryl methyl sites for hydroxylation is 1. The van der Waals surface area contributed by atoms with Crippen molar-refractivity contribution in [3.63, 3.8) is 0 Å². The lowest BCUT2D eigenvalue weighted by Crippen LogP contribution is -2.27. The van der Waals surface area contributed by atoms with Crippen LogP contribution in [-0.4, -0.2) is 20.3 Å². The molecular weight excluding hydrogens is 214 g/mol. The molecule has 1 unspecified atom stereocenters. The molecule has 1 aliphatic rings. The first-order valence-corrected chi connectivity index (χ1v) is 6.20. The van der Waals surface area contributed by atoms with E-state index in [2.05, 4.69) is 18.2 Å². The minimum Gasteiger partial charge on any atom is -0.496 e. The molecule has 3 heteroatoms. The third-order valence-corrected chi connectivity index (χ3v) is 3.59. The minimum atomic E-state index is 0.0911.